The molecule has 3 rings (SSSR count). The molecular formula is C13H22N4. The third-order valence-electron chi connectivity index (χ3n) is 3.99. The zero-order chi connectivity index (χ0) is 11.7. The molecule has 17 heavy (non-hydrogen) atoms. The summed E-state index contributed by atoms with van der Waals surface area (Å²) < 4.78 is 2.21. The largest absolute Gasteiger partial charge is 0.334 e. The van der Waals surface area contributed by atoms with Gasteiger partial charge < -0.3 is 9.88 Å². The van der Waals surface area contributed by atoms with E-state index in [0.29, 0.717) is 6.04 Å². The van der Waals surface area contributed by atoms with Gasteiger partial charge >= 0.3 is 0 Å². The van der Waals surface area contributed by atoms with Gasteiger partial charge in [-0.05, 0) is 26.2 Å². The summed E-state index contributed by atoms with van der Waals surface area (Å²) in [5.41, 5.74) is 0. The van der Waals surface area contributed by atoms with Crippen molar-refractivity contribution in [3.05, 3.63) is 18.2 Å². The molecule has 1 aliphatic heterocycles. The number of likely N-dealkylation sites (tertiary alicyclic amines) is 1. The third kappa shape index (κ3) is 2.69. The van der Waals surface area contributed by atoms with E-state index in [1.54, 1.807) is 0 Å². The highest BCUT2D eigenvalue weighted by molar-refractivity contribution is 4.92. The van der Waals surface area contributed by atoms with E-state index < -0.39 is 0 Å². The number of rotatable bonds is 5. The zero-order valence-electron chi connectivity index (χ0n) is 10.6. The quantitative estimate of drug-likeness (QED) is 0.825. The van der Waals surface area contributed by atoms with Crippen molar-refractivity contribution in [3.63, 3.8) is 0 Å². The van der Waals surface area contributed by atoms with Gasteiger partial charge in [-0.2, -0.15) is 0 Å². The van der Waals surface area contributed by atoms with Crippen LogP contribution in [0, 0.1) is 6.92 Å². The van der Waals surface area contributed by atoms with Gasteiger partial charge in [-0.3, -0.25) is 4.90 Å². The first kappa shape index (κ1) is 11.2. The zero-order valence-corrected chi connectivity index (χ0v) is 10.6. The van der Waals surface area contributed by atoms with Gasteiger partial charge in [0.1, 0.15) is 5.82 Å². The van der Waals surface area contributed by atoms with Crippen molar-refractivity contribution in [3.8, 4) is 0 Å². The predicted molar refractivity (Wildman–Crippen MR) is 68.0 cm³/mol. The lowest BCUT2D eigenvalue weighted by Gasteiger charge is -2.16. The van der Waals surface area contributed by atoms with Gasteiger partial charge in [0.2, 0.25) is 0 Å². The van der Waals surface area contributed by atoms with Gasteiger partial charge in [0, 0.05) is 50.7 Å². The number of hydrogen-bond donors (Lipinski definition) is 1. The lowest BCUT2D eigenvalue weighted by atomic mass is 10.2. The molecule has 4 heteroatoms. The van der Waals surface area contributed by atoms with Gasteiger partial charge in [-0.1, -0.05) is 0 Å². The van der Waals surface area contributed by atoms with E-state index in [2.05, 4.69) is 32.9 Å². The maximum Gasteiger partial charge on any atom is 0.105 e. The van der Waals surface area contributed by atoms with Crippen LogP contribution in [0.25, 0.3) is 0 Å². The molecule has 2 fully saturated rings. The normalized spacial score (nSPS) is 25.6. The summed E-state index contributed by atoms with van der Waals surface area (Å²) in [6, 6.07) is 1.64. The summed E-state index contributed by atoms with van der Waals surface area (Å²) in [6.07, 6.45) is 8.11. The molecule has 4 nitrogen and oxygen atoms in total. The Hall–Kier alpha value is -0.870. The minimum atomic E-state index is 0.708. The van der Waals surface area contributed by atoms with E-state index in [-0.39, 0.29) is 0 Å². The second-order valence-electron chi connectivity index (χ2n) is 5.33. The van der Waals surface area contributed by atoms with Crippen LogP contribution < -0.4 is 5.32 Å². The van der Waals surface area contributed by atoms with Crippen LogP contribution in [0.5, 0.6) is 0 Å². The van der Waals surface area contributed by atoms with Gasteiger partial charge in [0.05, 0.1) is 0 Å². The van der Waals surface area contributed by atoms with Crippen molar-refractivity contribution < 1.29 is 0 Å². The van der Waals surface area contributed by atoms with Crippen molar-refractivity contribution in [2.75, 3.05) is 19.6 Å². The molecule has 1 N–H and O–H groups in total. The van der Waals surface area contributed by atoms with Gasteiger partial charge in [0.25, 0.3) is 0 Å². The van der Waals surface area contributed by atoms with Crippen molar-refractivity contribution >= 4 is 0 Å². The molecule has 1 unspecified atom stereocenters. The number of nitrogens with one attached hydrogen (secondary N) is 1. The highest BCUT2D eigenvalue weighted by atomic mass is 15.2. The maximum absolute atomic E-state index is 4.24. The standard InChI is InChI=1S/C13H22N4/c1-11-14-5-8-16(11)9-6-15-12-4-7-17(10-12)13-2-3-13/h5,8,12-13,15H,2-4,6-7,9-10H2,1H3. The lowest BCUT2D eigenvalue weighted by molar-refractivity contribution is 0.317. The van der Waals surface area contributed by atoms with Crippen molar-refractivity contribution in [1.82, 2.24) is 19.8 Å². The molecular weight excluding hydrogens is 212 g/mol. The first-order chi connectivity index (χ1) is 8.33. The number of imidazole rings is 1. The van der Waals surface area contributed by atoms with Crippen LogP contribution in [-0.4, -0.2) is 46.2 Å². The van der Waals surface area contributed by atoms with Crippen LogP contribution in [0.1, 0.15) is 25.1 Å². The van der Waals surface area contributed by atoms with E-state index >= 15 is 0 Å². The lowest BCUT2D eigenvalue weighted by Crippen LogP contribution is -2.35. The predicted octanol–water partition coefficient (Wildman–Crippen LogP) is 1.02. The summed E-state index contributed by atoms with van der Waals surface area (Å²) in [5, 5.41) is 3.67. The molecule has 0 bridgehead atoms. The second-order valence-corrected chi connectivity index (χ2v) is 5.33. The van der Waals surface area contributed by atoms with Gasteiger partial charge in [-0.25, -0.2) is 4.98 Å². The minimum Gasteiger partial charge on any atom is -0.334 e. The molecule has 1 atom stereocenters. The van der Waals surface area contributed by atoms with Gasteiger partial charge in [0.15, 0.2) is 0 Å². The molecule has 2 aliphatic rings. The average molecular weight is 234 g/mol. The summed E-state index contributed by atoms with van der Waals surface area (Å²) in [5.74, 6) is 1.11. The number of nitrogens with zero attached hydrogens (tertiary/aromatic N) is 3. The molecule has 0 spiro atoms. The van der Waals surface area contributed by atoms with Crippen molar-refractivity contribution in [1.29, 1.82) is 0 Å². The molecule has 0 radical (unpaired) electrons. The Morgan fingerprint density at radius 3 is 3.00 bits per heavy atom. The highest BCUT2D eigenvalue weighted by Gasteiger charge is 2.33. The molecule has 2 heterocycles. The van der Waals surface area contributed by atoms with Crippen LogP contribution in [-0.2, 0) is 6.54 Å². The Balaban J connectivity index is 1.39. The molecule has 0 aromatic carbocycles. The van der Waals surface area contributed by atoms with Crippen LogP contribution in [0.4, 0.5) is 0 Å². The Bertz CT molecular complexity index is 369. The fraction of sp³-hybridized carbons (Fsp3) is 0.769. The van der Waals surface area contributed by atoms with Crippen LogP contribution in [0.3, 0.4) is 0 Å². The Morgan fingerprint density at radius 1 is 1.41 bits per heavy atom. The van der Waals surface area contributed by atoms with Crippen LogP contribution in [0.2, 0.25) is 0 Å². The Morgan fingerprint density at radius 2 is 2.29 bits per heavy atom. The van der Waals surface area contributed by atoms with E-state index in [1.165, 1.54) is 32.4 Å². The molecule has 1 aromatic heterocycles. The summed E-state index contributed by atoms with van der Waals surface area (Å²) >= 11 is 0. The maximum atomic E-state index is 4.24. The molecule has 1 aromatic rings. The van der Waals surface area contributed by atoms with Gasteiger partial charge in [-0.15, -0.1) is 0 Å². The van der Waals surface area contributed by atoms with Crippen LogP contribution >= 0.6 is 0 Å². The average Bonchev–Trinajstić information content (AvgIpc) is 2.94. The summed E-state index contributed by atoms with van der Waals surface area (Å²) in [7, 11) is 0. The first-order valence-corrected chi connectivity index (χ1v) is 6.78. The second kappa shape index (κ2) is 4.78. The van der Waals surface area contributed by atoms with Crippen molar-refractivity contribution in [2.24, 2.45) is 0 Å². The Kier molecular flexibility index (Phi) is 3.16. The van der Waals surface area contributed by atoms with E-state index in [9.17, 15) is 0 Å². The smallest absolute Gasteiger partial charge is 0.105 e. The monoisotopic (exact) mass is 234 g/mol. The Labute approximate surface area is 103 Å². The van der Waals surface area contributed by atoms with E-state index in [4.69, 9.17) is 0 Å². The number of hydrogen-bond acceptors (Lipinski definition) is 3. The summed E-state index contributed by atoms with van der Waals surface area (Å²) in [6.45, 7) is 6.70. The SMILES string of the molecule is Cc1nccn1CCNC1CCN(C2CC2)C1. The fourth-order valence-electron chi connectivity index (χ4n) is 2.75. The molecule has 1 saturated carbocycles. The highest BCUT2D eigenvalue weighted by Crippen LogP contribution is 2.29. The van der Waals surface area contributed by atoms with E-state index in [0.717, 1.165) is 25.0 Å². The number of aromatic nitrogens is 2. The minimum absolute atomic E-state index is 0.708. The first-order valence-electron chi connectivity index (χ1n) is 6.78. The topological polar surface area (TPSA) is 33.1 Å². The fourth-order valence-corrected chi connectivity index (χ4v) is 2.75. The number of aryl methyl sites for hydroxylation is 1. The molecule has 0 amide bonds. The summed E-state index contributed by atoms with van der Waals surface area (Å²) in [4.78, 5) is 6.89. The molecule has 94 valence electrons. The third-order valence-corrected chi connectivity index (χ3v) is 3.99. The van der Waals surface area contributed by atoms with E-state index in [1.807, 2.05) is 6.20 Å². The molecule has 1 saturated heterocycles. The molecule has 1 aliphatic carbocycles. The van der Waals surface area contributed by atoms with Crippen LogP contribution in [0.15, 0.2) is 12.4 Å². The van der Waals surface area contributed by atoms with Crippen molar-refractivity contribution in [2.45, 2.75) is 44.8 Å².